The Balaban J connectivity index is 0.00000242. The van der Waals surface area contributed by atoms with Gasteiger partial charge in [-0.3, -0.25) is 9.89 Å². The van der Waals surface area contributed by atoms with E-state index in [0.717, 1.165) is 25.6 Å². The molecule has 2 fully saturated rings. The summed E-state index contributed by atoms with van der Waals surface area (Å²) in [5, 5.41) is 3.64. The van der Waals surface area contributed by atoms with Crippen LogP contribution in [0, 0.1) is 11.3 Å². The fourth-order valence-corrected chi connectivity index (χ4v) is 3.68. The highest BCUT2D eigenvalue weighted by molar-refractivity contribution is 14.0. The standard InChI is InChI=1S/C17H34N4.HI/c1-14(2)15(20-9-6-7-10-20)12-19-16(18-5)21-11-8-17(3,4)13-21;/h14-15H,6-13H2,1-5H3,(H,18,19);1H. The van der Waals surface area contributed by atoms with Gasteiger partial charge in [-0.25, -0.2) is 0 Å². The van der Waals surface area contributed by atoms with Crippen molar-refractivity contribution in [3.05, 3.63) is 0 Å². The third-order valence-corrected chi connectivity index (χ3v) is 5.04. The van der Waals surface area contributed by atoms with Crippen LogP contribution in [0.5, 0.6) is 0 Å². The Bertz CT molecular complexity index is 362. The second-order valence-corrected chi connectivity index (χ2v) is 7.82. The van der Waals surface area contributed by atoms with Crippen LogP contribution in [0.1, 0.15) is 47.0 Å². The minimum atomic E-state index is 0. The lowest BCUT2D eigenvalue weighted by Crippen LogP contribution is -2.49. The van der Waals surface area contributed by atoms with Crippen LogP contribution in [-0.2, 0) is 0 Å². The first-order chi connectivity index (χ1) is 9.93. The van der Waals surface area contributed by atoms with Gasteiger partial charge in [0.2, 0.25) is 0 Å². The molecule has 0 aliphatic carbocycles. The van der Waals surface area contributed by atoms with Gasteiger partial charge in [-0.1, -0.05) is 27.7 Å². The second-order valence-electron chi connectivity index (χ2n) is 7.82. The SMILES string of the molecule is CN=C(NCC(C(C)C)N1CCCC1)N1CCC(C)(C)C1.I. The molecule has 2 aliphatic rings. The van der Waals surface area contributed by atoms with E-state index in [9.17, 15) is 0 Å². The number of aliphatic imine (C=N–C) groups is 1. The number of likely N-dealkylation sites (tertiary alicyclic amines) is 2. The minimum Gasteiger partial charge on any atom is -0.355 e. The number of nitrogens with one attached hydrogen (secondary N) is 1. The molecule has 0 radical (unpaired) electrons. The van der Waals surface area contributed by atoms with E-state index >= 15 is 0 Å². The van der Waals surface area contributed by atoms with Gasteiger partial charge < -0.3 is 10.2 Å². The van der Waals surface area contributed by atoms with Gasteiger partial charge in [-0.2, -0.15) is 0 Å². The molecule has 22 heavy (non-hydrogen) atoms. The summed E-state index contributed by atoms with van der Waals surface area (Å²) in [4.78, 5) is 9.58. The minimum absolute atomic E-state index is 0. The van der Waals surface area contributed by atoms with E-state index in [4.69, 9.17) is 0 Å². The highest BCUT2D eigenvalue weighted by atomic mass is 127. The highest BCUT2D eigenvalue weighted by Crippen LogP contribution is 2.28. The van der Waals surface area contributed by atoms with Crippen LogP contribution in [0.25, 0.3) is 0 Å². The molecule has 0 bridgehead atoms. The molecule has 1 unspecified atom stereocenters. The Morgan fingerprint density at radius 3 is 2.27 bits per heavy atom. The molecule has 5 heteroatoms. The van der Waals surface area contributed by atoms with Crippen molar-refractivity contribution in [2.75, 3.05) is 39.8 Å². The Kier molecular flexibility index (Phi) is 7.92. The lowest BCUT2D eigenvalue weighted by atomic mass is 9.93. The molecule has 2 rings (SSSR count). The molecule has 0 saturated carbocycles. The fraction of sp³-hybridized carbons (Fsp3) is 0.941. The predicted molar refractivity (Wildman–Crippen MR) is 106 cm³/mol. The van der Waals surface area contributed by atoms with Crippen molar-refractivity contribution >= 4 is 29.9 Å². The molecule has 0 spiro atoms. The van der Waals surface area contributed by atoms with E-state index in [1.807, 2.05) is 7.05 Å². The average molecular weight is 422 g/mol. The van der Waals surface area contributed by atoms with Crippen molar-refractivity contribution in [2.45, 2.75) is 53.0 Å². The van der Waals surface area contributed by atoms with Crippen LogP contribution >= 0.6 is 24.0 Å². The van der Waals surface area contributed by atoms with Gasteiger partial charge in [0, 0.05) is 32.7 Å². The van der Waals surface area contributed by atoms with E-state index in [-0.39, 0.29) is 24.0 Å². The maximum absolute atomic E-state index is 4.51. The zero-order chi connectivity index (χ0) is 15.5. The Hall–Kier alpha value is -0.0400. The average Bonchev–Trinajstić information content (AvgIpc) is 3.04. The molecule has 4 nitrogen and oxygen atoms in total. The monoisotopic (exact) mass is 422 g/mol. The molecule has 0 aromatic carbocycles. The van der Waals surface area contributed by atoms with Gasteiger partial charge in [0.15, 0.2) is 5.96 Å². The van der Waals surface area contributed by atoms with Gasteiger partial charge in [0.1, 0.15) is 0 Å². The Morgan fingerprint density at radius 1 is 1.18 bits per heavy atom. The normalized spacial score (nSPS) is 23.7. The first kappa shape index (κ1) is 20.0. The van der Waals surface area contributed by atoms with E-state index in [1.165, 1.54) is 32.4 Å². The maximum Gasteiger partial charge on any atom is 0.193 e. The van der Waals surface area contributed by atoms with Gasteiger partial charge in [0.05, 0.1) is 0 Å². The van der Waals surface area contributed by atoms with E-state index in [2.05, 4.69) is 47.8 Å². The molecule has 2 saturated heterocycles. The quantitative estimate of drug-likeness (QED) is 0.429. The molecular formula is C17H35IN4. The topological polar surface area (TPSA) is 30.9 Å². The van der Waals surface area contributed by atoms with Crippen molar-refractivity contribution in [3.63, 3.8) is 0 Å². The summed E-state index contributed by atoms with van der Waals surface area (Å²) >= 11 is 0. The third kappa shape index (κ3) is 5.25. The van der Waals surface area contributed by atoms with Gasteiger partial charge >= 0.3 is 0 Å². The summed E-state index contributed by atoms with van der Waals surface area (Å²) in [6.45, 7) is 15.2. The van der Waals surface area contributed by atoms with Crippen molar-refractivity contribution in [2.24, 2.45) is 16.3 Å². The van der Waals surface area contributed by atoms with E-state index < -0.39 is 0 Å². The molecule has 1 N–H and O–H groups in total. The molecule has 2 heterocycles. The molecule has 0 amide bonds. The van der Waals surface area contributed by atoms with Gasteiger partial charge in [0.25, 0.3) is 0 Å². The lowest BCUT2D eigenvalue weighted by Gasteiger charge is -2.32. The van der Waals surface area contributed by atoms with Crippen molar-refractivity contribution in [1.29, 1.82) is 0 Å². The first-order valence-electron chi connectivity index (χ1n) is 8.62. The summed E-state index contributed by atoms with van der Waals surface area (Å²) < 4.78 is 0. The summed E-state index contributed by atoms with van der Waals surface area (Å²) in [6.07, 6.45) is 3.98. The van der Waals surface area contributed by atoms with Gasteiger partial charge in [-0.05, 0) is 43.7 Å². The highest BCUT2D eigenvalue weighted by Gasteiger charge is 2.31. The van der Waals surface area contributed by atoms with Crippen molar-refractivity contribution in [1.82, 2.24) is 15.1 Å². The van der Waals surface area contributed by atoms with E-state index in [1.54, 1.807) is 0 Å². The Labute approximate surface area is 154 Å². The van der Waals surface area contributed by atoms with Crippen molar-refractivity contribution in [3.8, 4) is 0 Å². The number of guanidine groups is 1. The van der Waals surface area contributed by atoms with Crippen LogP contribution in [-0.4, -0.2) is 61.6 Å². The smallest absolute Gasteiger partial charge is 0.193 e. The number of rotatable bonds is 4. The summed E-state index contributed by atoms with van der Waals surface area (Å²) in [6, 6.07) is 0.625. The molecule has 2 aliphatic heterocycles. The Morgan fingerprint density at radius 2 is 1.82 bits per heavy atom. The fourth-order valence-electron chi connectivity index (χ4n) is 3.68. The van der Waals surface area contributed by atoms with Crippen LogP contribution in [0.2, 0.25) is 0 Å². The third-order valence-electron chi connectivity index (χ3n) is 5.04. The van der Waals surface area contributed by atoms with Crippen LogP contribution in [0.3, 0.4) is 0 Å². The van der Waals surface area contributed by atoms with Gasteiger partial charge in [-0.15, -0.1) is 24.0 Å². The summed E-state index contributed by atoms with van der Waals surface area (Å²) in [5.41, 5.74) is 0.421. The van der Waals surface area contributed by atoms with Crippen molar-refractivity contribution < 1.29 is 0 Å². The number of halogens is 1. The molecular weight excluding hydrogens is 387 g/mol. The summed E-state index contributed by atoms with van der Waals surface area (Å²) in [5.74, 6) is 1.77. The molecule has 0 aromatic heterocycles. The molecule has 130 valence electrons. The zero-order valence-electron chi connectivity index (χ0n) is 15.1. The molecule has 0 aromatic rings. The van der Waals surface area contributed by atoms with Crippen LogP contribution in [0.4, 0.5) is 0 Å². The zero-order valence-corrected chi connectivity index (χ0v) is 17.4. The number of hydrogen-bond acceptors (Lipinski definition) is 2. The first-order valence-corrected chi connectivity index (χ1v) is 8.62. The van der Waals surface area contributed by atoms with E-state index in [0.29, 0.717) is 17.4 Å². The lowest BCUT2D eigenvalue weighted by molar-refractivity contribution is 0.191. The number of nitrogens with zero attached hydrogens (tertiary/aromatic N) is 3. The largest absolute Gasteiger partial charge is 0.355 e. The predicted octanol–water partition coefficient (Wildman–Crippen LogP) is 3.03. The second kappa shape index (κ2) is 8.71. The number of hydrogen-bond donors (Lipinski definition) is 1. The maximum atomic E-state index is 4.51. The molecule has 1 atom stereocenters. The summed E-state index contributed by atoms with van der Waals surface area (Å²) in [7, 11) is 1.91. The van der Waals surface area contributed by atoms with Crippen LogP contribution in [0.15, 0.2) is 4.99 Å². The van der Waals surface area contributed by atoms with Crippen LogP contribution < -0.4 is 5.32 Å².